The first-order valence-corrected chi connectivity index (χ1v) is 13.1. The molecular formula is C28H21N2O5P. The molecule has 0 aromatic heterocycles. The highest BCUT2D eigenvalue weighted by Gasteiger charge is 2.43. The molecule has 7 nitrogen and oxygen atoms in total. The van der Waals surface area contributed by atoms with E-state index in [0.29, 0.717) is 16.2 Å². The lowest BCUT2D eigenvalue weighted by atomic mass is 10.1. The standard InChI is InChI=1S/C28H21N2O5P/c31-29(32)19-28(22-12-5-13-23(18-22)30(33)34)36(35,26-16-6-10-20-8-1-3-14-24(20)26)27-17-7-11-21-9-2-4-15-25(21)27/h1-18,28H,19H2/t28-/m0/s1. The summed E-state index contributed by atoms with van der Waals surface area (Å²) in [6, 6.07) is 31.6. The third-order valence-corrected chi connectivity index (χ3v) is 10.0. The lowest BCUT2D eigenvalue weighted by Crippen LogP contribution is -2.27. The van der Waals surface area contributed by atoms with E-state index >= 15 is 4.57 Å². The van der Waals surface area contributed by atoms with Gasteiger partial charge in [-0.1, -0.05) is 97.1 Å². The normalized spacial score (nSPS) is 12.4. The Hall–Kier alpha value is -4.35. The molecular weight excluding hydrogens is 475 g/mol. The Morgan fingerprint density at radius 2 is 1.17 bits per heavy atom. The average molecular weight is 496 g/mol. The first-order valence-electron chi connectivity index (χ1n) is 11.3. The Labute approximate surface area is 206 Å². The van der Waals surface area contributed by atoms with Crippen LogP contribution in [-0.2, 0) is 4.57 Å². The van der Waals surface area contributed by atoms with E-state index in [1.807, 2.05) is 60.7 Å². The molecule has 0 spiro atoms. The Bertz CT molecular complexity index is 1590. The fraction of sp³-hybridized carbons (Fsp3) is 0.0714. The van der Waals surface area contributed by atoms with Crippen LogP contribution in [-0.4, -0.2) is 16.4 Å². The molecule has 0 heterocycles. The second-order valence-corrected chi connectivity index (χ2v) is 11.4. The number of hydrogen-bond donors (Lipinski definition) is 0. The summed E-state index contributed by atoms with van der Waals surface area (Å²) >= 11 is 0. The Morgan fingerprint density at radius 1 is 0.667 bits per heavy atom. The van der Waals surface area contributed by atoms with Gasteiger partial charge in [0.05, 0.1) is 4.92 Å². The predicted molar refractivity (Wildman–Crippen MR) is 142 cm³/mol. The topological polar surface area (TPSA) is 103 Å². The fourth-order valence-electron chi connectivity index (χ4n) is 4.88. The highest BCUT2D eigenvalue weighted by molar-refractivity contribution is 7.79. The van der Waals surface area contributed by atoms with Crippen LogP contribution in [0.1, 0.15) is 11.2 Å². The molecule has 1 atom stereocenters. The molecule has 178 valence electrons. The van der Waals surface area contributed by atoms with Crippen LogP contribution >= 0.6 is 7.14 Å². The van der Waals surface area contributed by atoms with E-state index in [4.69, 9.17) is 0 Å². The maximum atomic E-state index is 15.7. The molecule has 0 amide bonds. The van der Waals surface area contributed by atoms with Gasteiger partial charge >= 0.3 is 0 Å². The van der Waals surface area contributed by atoms with Crippen LogP contribution < -0.4 is 10.6 Å². The zero-order chi connectivity index (χ0) is 25.3. The van der Waals surface area contributed by atoms with Crippen molar-refractivity contribution in [2.75, 3.05) is 6.54 Å². The van der Waals surface area contributed by atoms with Crippen LogP contribution in [0.3, 0.4) is 0 Å². The molecule has 0 saturated heterocycles. The maximum absolute atomic E-state index is 15.7. The van der Waals surface area contributed by atoms with Crippen molar-refractivity contribution in [1.82, 2.24) is 0 Å². The summed E-state index contributed by atoms with van der Waals surface area (Å²) in [5, 5.41) is 27.7. The summed E-state index contributed by atoms with van der Waals surface area (Å²) in [5.41, 5.74) is -1.03. The lowest BCUT2D eigenvalue weighted by molar-refractivity contribution is -0.480. The zero-order valence-electron chi connectivity index (χ0n) is 19.1. The smallest absolute Gasteiger partial charge is 0.269 e. The van der Waals surface area contributed by atoms with Crippen LogP contribution in [0.5, 0.6) is 0 Å². The largest absolute Gasteiger partial charge is 0.313 e. The zero-order valence-corrected chi connectivity index (χ0v) is 20.0. The van der Waals surface area contributed by atoms with Gasteiger partial charge in [0.15, 0.2) is 7.14 Å². The number of nitro benzene ring substituents is 1. The molecule has 0 aliphatic rings. The summed E-state index contributed by atoms with van der Waals surface area (Å²) in [4.78, 5) is 22.5. The third kappa shape index (κ3) is 4.04. The molecule has 0 N–H and O–H groups in total. The van der Waals surface area contributed by atoms with Crippen LogP contribution in [0.2, 0.25) is 0 Å². The molecule has 8 heteroatoms. The van der Waals surface area contributed by atoms with Gasteiger partial charge in [0.2, 0.25) is 6.54 Å². The van der Waals surface area contributed by atoms with Crippen molar-refractivity contribution in [2.45, 2.75) is 5.66 Å². The number of rotatable bonds is 7. The number of non-ortho nitro benzene ring substituents is 1. The lowest BCUT2D eigenvalue weighted by Gasteiger charge is -2.28. The molecule has 5 rings (SSSR count). The summed E-state index contributed by atoms with van der Waals surface area (Å²) in [7, 11) is -3.82. The minimum absolute atomic E-state index is 0.205. The maximum Gasteiger partial charge on any atom is 0.269 e. The first-order chi connectivity index (χ1) is 17.4. The molecule has 36 heavy (non-hydrogen) atoms. The molecule has 0 aliphatic heterocycles. The number of fused-ring (bicyclic) bond motifs is 2. The van der Waals surface area contributed by atoms with E-state index in [1.165, 1.54) is 18.2 Å². The van der Waals surface area contributed by atoms with Crippen LogP contribution in [0.4, 0.5) is 5.69 Å². The second kappa shape index (κ2) is 9.36. The molecule has 0 fully saturated rings. The molecule has 0 saturated carbocycles. The van der Waals surface area contributed by atoms with Gasteiger partial charge in [-0.25, -0.2) is 0 Å². The Morgan fingerprint density at radius 3 is 1.69 bits per heavy atom. The minimum atomic E-state index is -3.82. The van der Waals surface area contributed by atoms with Crippen molar-refractivity contribution in [2.24, 2.45) is 0 Å². The van der Waals surface area contributed by atoms with Crippen molar-refractivity contribution >= 4 is 45.0 Å². The molecule has 0 unspecified atom stereocenters. The first kappa shape index (κ1) is 23.4. The summed E-state index contributed by atoms with van der Waals surface area (Å²) in [6.07, 6.45) is 0. The van der Waals surface area contributed by atoms with E-state index in [0.717, 1.165) is 21.5 Å². The molecule has 5 aromatic rings. The van der Waals surface area contributed by atoms with Crippen LogP contribution in [0.15, 0.2) is 109 Å². The summed E-state index contributed by atoms with van der Waals surface area (Å²) in [5.74, 6) is 0. The van der Waals surface area contributed by atoms with Gasteiger partial charge in [0, 0.05) is 27.7 Å². The van der Waals surface area contributed by atoms with Crippen molar-refractivity contribution in [3.8, 4) is 0 Å². The van der Waals surface area contributed by atoms with Gasteiger partial charge in [-0.2, -0.15) is 0 Å². The summed E-state index contributed by atoms with van der Waals surface area (Å²) in [6.45, 7) is -0.648. The SMILES string of the molecule is O=[N+]([O-])C[C@@H](c1cccc([N+](=O)[O-])c1)P(=O)(c1cccc2ccccc12)c1cccc2ccccc12. The number of benzene rings is 5. The van der Waals surface area contributed by atoms with E-state index in [1.54, 1.807) is 30.3 Å². The van der Waals surface area contributed by atoms with E-state index in [2.05, 4.69) is 0 Å². The van der Waals surface area contributed by atoms with Crippen molar-refractivity contribution < 1.29 is 14.4 Å². The van der Waals surface area contributed by atoms with Gasteiger partial charge < -0.3 is 4.57 Å². The van der Waals surface area contributed by atoms with Crippen molar-refractivity contribution in [3.63, 3.8) is 0 Å². The van der Waals surface area contributed by atoms with E-state index in [-0.39, 0.29) is 5.69 Å². The highest BCUT2D eigenvalue weighted by atomic mass is 31.2. The highest BCUT2D eigenvalue weighted by Crippen LogP contribution is 2.59. The predicted octanol–water partition coefficient (Wildman–Crippen LogP) is 6.23. The summed E-state index contributed by atoms with van der Waals surface area (Å²) < 4.78 is 15.7. The quantitative estimate of drug-likeness (QED) is 0.151. The molecule has 0 aliphatic carbocycles. The Balaban J connectivity index is 1.91. The number of nitro groups is 2. The van der Waals surface area contributed by atoms with Gasteiger partial charge in [-0.15, -0.1) is 0 Å². The third-order valence-electron chi connectivity index (χ3n) is 6.48. The molecule has 0 radical (unpaired) electrons. The monoisotopic (exact) mass is 496 g/mol. The van der Waals surface area contributed by atoms with Gasteiger partial charge in [0.1, 0.15) is 5.66 Å². The van der Waals surface area contributed by atoms with Gasteiger partial charge in [0.25, 0.3) is 5.69 Å². The van der Waals surface area contributed by atoms with E-state index < -0.39 is 29.2 Å². The van der Waals surface area contributed by atoms with Gasteiger partial charge in [-0.05, 0) is 27.1 Å². The molecule has 0 bridgehead atoms. The second-order valence-electron chi connectivity index (χ2n) is 8.54. The molecule has 5 aromatic carbocycles. The Kier molecular flexibility index (Phi) is 6.08. The fourth-order valence-corrected chi connectivity index (χ4v) is 8.49. The van der Waals surface area contributed by atoms with Gasteiger partial charge in [-0.3, -0.25) is 20.2 Å². The minimum Gasteiger partial charge on any atom is -0.313 e. The van der Waals surface area contributed by atoms with Crippen LogP contribution in [0.25, 0.3) is 21.5 Å². The van der Waals surface area contributed by atoms with E-state index in [9.17, 15) is 20.2 Å². The average Bonchev–Trinajstić information content (AvgIpc) is 2.90. The van der Waals surface area contributed by atoms with Crippen molar-refractivity contribution in [3.05, 3.63) is 135 Å². The van der Waals surface area contributed by atoms with Crippen molar-refractivity contribution in [1.29, 1.82) is 0 Å². The number of hydrogen-bond acceptors (Lipinski definition) is 5. The van der Waals surface area contributed by atoms with Crippen LogP contribution in [0, 0.1) is 20.2 Å². The number of nitrogens with zero attached hydrogens (tertiary/aromatic N) is 2.